The second-order valence-corrected chi connectivity index (χ2v) is 7.79. The van der Waals surface area contributed by atoms with Crippen molar-refractivity contribution in [3.8, 4) is 0 Å². The van der Waals surface area contributed by atoms with Gasteiger partial charge in [0.25, 0.3) is 0 Å². The van der Waals surface area contributed by atoms with E-state index < -0.39 is 10.0 Å². The third-order valence-electron chi connectivity index (χ3n) is 4.23. The number of nitrogens with zero attached hydrogens (tertiary/aromatic N) is 2. The molecule has 21 heavy (non-hydrogen) atoms. The quantitative estimate of drug-likeness (QED) is 0.862. The lowest BCUT2D eigenvalue weighted by molar-refractivity contribution is 0.267. The van der Waals surface area contributed by atoms with Crippen LogP contribution >= 0.6 is 0 Å². The van der Waals surface area contributed by atoms with Crippen LogP contribution in [0.2, 0.25) is 0 Å². The number of hydrogen-bond acceptors (Lipinski definition) is 4. The first-order chi connectivity index (χ1) is 9.79. The molecule has 0 spiro atoms. The van der Waals surface area contributed by atoms with Crippen molar-refractivity contribution < 1.29 is 13.5 Å². The molecule has 2 rings (SSSR count). The zero-order valence-corrected chi connectivity index (χ0v) is 13.8. The van der Waals surface area contributed by atoms with E-state index in [0.717, 1.165) is 25.7 Å². The first-order valence-corrected chi connectivity index (χ1v) is 8.96. The molecule has 0 unspecified atom stereocenters. The Labute approximate surface area is 126 Å². The number of aliphatic hydroxyl groups is 1. The van der Waals surface area contributed by atoms with Crippen LogP contribution in [0.1, 0.15) is 50.4 Å². The first kappa shape index (κ1) is 16.5. The van der Waals surface area contributed by atoms with E-state index in [1.54, 1.807) is 18.5 Å². The second kappa shape index (κ2) is 6.06. The standard InChI is InChI=1S/C14H25N3O3S/c1-11-13(12(2)17(15-11)9-10-18)21(19,20)16-14(3)7-5-4-6-8-14/h16,18H,4-10H2,1-3H3. The Morgan fingerprint density at radius 1 is 1.29 bits per heavy atom. The molecule has 0 atom stereocenters. The van der Waals surface area contributed by atoms with Gasteiger partial charge in [-0.2, -0.15) is 5.10 Å². The molecule has 1 aromatic heterocycles. The van der Waals surface area contributed by atoms with Crippen LogP contribution in [0.25, 0.3) is 0 Å². The van der Waals surface area contributed by atoms with Gasteiger partial charge >= 0.3 is 0 Å². The van der Waals surface area contributed by atoms with Gasteiger partial charge < -0.3 is 5.11 Å². The molecule has 0 amide bonds. The molecular weight excluding hydrogens is 290 g/mol. The molecule has 1 aromatic rings. The molecule has 1 fully saturated rings. The van der Waals surface area contributed by atoms with Gasteiger partial charge in [0.2, 0.25) is 10.0 Å². The summed E-state index contributed by atoms with van der Waals surface area (Å²) in [5.41, 5.74) is 0.691. The third kappa shape index (κ3) is 3.46. The molecule has 7 heteroatoms. The lowest BCUT2D eigenvalue weighted by Crippen LogP contribution is -2.47. The van der Waals surface area contributed by atoms with Gasteiger partial charge in [-0.05, 0) is 33.6 Å². The minimum atomic E-state index is -3.59. The predicted molar refractivity (Wildman–Crippen MR) is 80.6 cm³/mol. The van der Waals surface area contributed by atoms with Crippen molar-refractivity contribution in [1.82, 2.24) is 14.5 Å². The van der Waals surface area contributed by atoms with E-state index in [4.69, 9.17) is 5.11 Å². The molecule has 1 aliphatic carbocycles. The van der Waals surface area contributed by atoms with Gasteiger partial charge in [-0.1, -0.05) is 19.3 Å². The van der Waals surface area contributed by atoms with Gasteiger partial charge in [0.1, 0.15) is 4.90 Å². The van der Waals surface area contributed by atoms with Crippen molar-refractivity contribution >= 4 is 10.0 Å². The van der Waals surface area contributed by atoms with E-state index in [1.807, 2.05) is 6.92 Å². The Balaban J connectivity index is 2.31. The highest BCUT2D eigenvalue weighted by atomic mass is 32.2. The van der Waals surface area contributed by atoms with Crippen LogP contribution in [0.5, 0.6) is 0 Å². The van der Waals surface area contributed by atoms with Crippen LogP contribution in [0.15, 0.2) is 4.90 Å². The normalized spacial score (nSPS) is 18.9. The van der Waals surface area contributed by atoms with Crippen molar-refractivity contribution in [1.29, 1.82) is 0 Å². The number of hydrogen-bond donors (Lipinski definition) is 2. The van der Waals surface area contributed by atoms with Crippen molar-refractivity contribution in [2.45, 2.75) is 69.9 Å². The van der Waals surface area contributed by atoms with E-state index in [-0.39, 0.29) is 17.0 Å². The summed E-state index contributed by atoms with van der Waals surface area (Å²) in [4.78, 5) is 0.253. The molecule has 6 nitrogen and oxygen atoms in total. The summed E-state index contributed by atoms with van der Waals surface area (Å²) in [5, 5.41) is 13.2. The van der Waals surface area contributed by atoms with Gasteiger partial charge in [0, 0.05) is 5.54 Å². The van der Waals surface area contributed by atoms with Crippen LogP contribution in [-0.4, -0.2) is 35.5 Å². The number of aromatic nitrogens is 2. The Bertz CT molecular complexity index is 601. The minimum absolute atomic E-state index is 0.0629. The zero-order valence-electron chi connectivity index (χ0n) is 13.0. The highest BCUT2D eigenvalue weighted by molar-refractivity contribution is 7.89. The van der Waals surface area contributed by atoms with Gasteiger partial charge in [-0.15, -0.1) is 0 Å². The van der Waals surface area contributed by atoms with Crippen LogP contribution in [0.4, 0.5) is 0 Å². The van der Waals surface area contributed by atoms with E-state index in [0.29, 0.717) is 17.9 Å². The van der Waals surface area contributed by atoms with Crippen LogP contribution in [-0.2, 0) is 16.6 Å². The van der Waals surface area contributed by atoms with Crippen LogP contribution < -0.4 is 4.72 Å². The minimum Gasteiger partial charge on any atom is -0.394 e. The second-order valence-electron chi connectivity index (χ2n) is 6.17. The fourth-order valence-corrected chi connectivity index (χ4v) is 5.07. The Morgan fingerprint density at radius 3 is 2.48 bits per heavy atom. The van der Waals surface area contributed by atoms with Crippen molar-refractivity contribution in [3.63, 3.8) is 0 Å². The van der Waals surface area contributed by atoms with Gasteiger partial charge in [0.15, 0.2) is 0 Å². The maximum absolute atomic E-state index is 12.7. The maximum Gasteiger partial charge on any atom is 0.244 e. The lowest BCUT2D eigenvalue weighted by Gasteiger charge is -2.34. The summed E-state index contributed by atoms with van der Waals surface area (Å²) >= 11 is 0. The summed E-state index contributed by atoms with van der Waals surface area (Å²) in [6.07, 6.45) is 5.02. The molecule has 120 valence electrons. The first-order valence-electron chi connectivity index (χ1n) is 7.48. The van der Waals surface area contributed by atoms with E-state index in [2.05, 4.69) is 9.82 Å². The van der Waals surface area contributed by atoms with Gasteiger partial charge in [-0.3, -0.25) is 4.68 Å². The highest BCUT2D eigenvalue weighted by Crippen LogP contribution is 2.30. The number of sulfonamides is 1. The Morgan fingerprint density at radius 2 is 1.90 bits per heavy atom. The summed E-state index contributed by atoms with van der Waals surface area (Å²) in [6, 6.07) is 0. The summed E-state index contributed by atoms with van der Waals surface area (Å²) in [6.45, 7) is 5.64. The molecule has 0 saturated heterocycles. The summed E-state index contributed by atoms with van der Waals surface area (Å²) < 4.78 is 29.9. The average molecular weight is 315 g/mol. The van der Waals surface area contributed by atoms with Crippen molar-refractivity contribution in [2.75, 3.05) is 6.61 Å². The number of rotatable bonds is 5. The monoisotopic (exact) mass is 315 g/mol. The van der Waals surface area contributed by atoms with Crippen LogP contribution in [0.3, 0.4) is 0 Å². The number of aryl methyl sites for hydroxylation is 1. The fraction of sp³-hybridized carbons (Fsp3) is 0.786. The predicted octanol–water partition coefficient (Wildman–Crippen LogP) is 1.49. The zero-order chi connectivity index (χ0) is 15.7. The largest absolute Gasteiger partial charge is 0.394 e. The summed E-state index contributed by atoms with van der Waals surface area (Å²) in [7, 11) is -3.59. The molecule has 1 saturated carbocycles. The Hall–Kier alpha value is -0.920. The van der Waals surface area contributed by atoms with E-state index >= 15 is 0 Å². The molecule has 0 aromatic carbocycles. The van der Waals surface area contributed by atoms with Gasteiger partial charge in [-0.25, -0.2) is 13.1 Å². The topological polar surface area (TPSA) is 84.2 Å². The van der Waals surface area contributed by atoms with Crippen molar-refractivity contribution in [3.05, 3.63) is 11.4 Å². The van der Waals surface area contributed by atoms with E-state index in [1.165, 1.54) is 6.42 Å². The molecule has 1 aliphatic rings. The lowest BCUT2D eigenvalue weighted by atomic mass is 9.84. The van der Waals surface area contributed by atoms with Gasteiger partial charge in [0.05, 0.1) is 24.5 Å². The molecule has 0 radical (unpaired) electrons. The Kier molecular flexibility index (Phi) is 4.75. The molecule has 2 N–H and O–H groups in total. The number of aliphatic hydroxyl groups excluding tert-OH is 1. The van der Waals surface area contributed by atoms with Crippen LogP contribution in [0, 0.1) is 13.8 Å². The number of nitrogens with one attached hydrogen (secondary N) is 1. The SMILES string of the molecule is Cc1nn(CCO)c(C)c1S(=O)(=O)NC1(C)CCCCC1. The van der Waals surface area contributed by atoms with E-state index in [9.17, 15) is 8.42 Å². The van der Waals surface area contributed by atoms with Crippen molar-refractivity contribution in [2.24, 2.45) is 0 Å². The molecular formula is C14H25N3O3S. The smallest absolute Gasteiger partial charge is 0.244 e. The fourth-order valence-electron chi connectivity index (χ4n) is 3.19. The average Bonchev–Trinajstić information content (AvgIpc) is 2.65. The third-order valence-corrected chi connectivity index (χ3v) is 6.12. The molecule has 0 bridgehead atoms. The highest BCUT2D eigenvalue weighted by Gasteiger charge is 2.34. The maximum atomic E-state index is 12.7. The summed E-state index contributed by atoms with van der Waals surface area (Å²) in [5.74, 6) is 0. The molecule has 0 aliphatic heterocycles. The molecule has 1 heterocycles.